The summed E-state index contributed by atoms with van der Waals surface area (Å²) < 4.78 is 0. The van der Waals surface area contributed by atoms with E-state index in [-0.39, 0.29) is 17.9 Å². The average Bonchev–Trinajstić information content (AvgIpc) is 3.28. The van der Waals surface area contributed by atoms with Gasteiger partial charge in [-0.15, -0.1) is 0 Å². The number of benzene rings is 3. The number of rotatable bonds is 8. The lowest BCUT2D eigenvalue weighted by atomic mass is 9.79. The van der Waals surface area contributed by atoms with Crippen LogP contribution in [0.2, 0.25) is 0 Å². The number of carbonyl (C=O) groups excluding carboxylic acids is 2. The maximum atomic E-state index is 14.0. The van der Waals surface area contributed by atoms with Gasteiger partial charge < -0.3 is 10.6 Å². The van der Waals surface area contributed by atoms with Gasteiger partial charge >= 0.3 is 0 Å². The summed E-state index contributed by atoms with van der Waals surface area (Å²) >= 11 is 0. The van der Waals surface area contributed by atoms with Crippen LogP contribution in [0, 0.1) is 11.8 Å². The molecular formula is C30H34N2O2. The fourth-order valence-electron chi connectivity index (χ4n) is 5.19. The van der Waals surface area contributed by atoms with Crippen LogP contribution in [-0.2, 0) is 22.4 Å². The largest absolute Gasteiger partial charge is 0.369 e. The summed E-state index contributed by atoms with van der Waals surface area (Å²) in [6, 6.07) is 26.6. The number of fused-ring (bicyclic) bond motifs is 1. The van der Waals surface area contributed by atoms with Gasteiger partial charge in [-0.25, -0.2) is 0 Å². The Balaban J connectivity index is 1.65. The Morgan fingerprint density at radius 3 is 1.91 bits per heavy atom. The van der Waals surface area contributed by atoms with Gasteiger partial charge in [-0.3, -0.25) is 9.59 Å². The zero-order valence-corrected chi connectivity index (χ0v) is 20.3. The molecule has 4 rings (SSSR count). The number of nitrogens with zero attached hydrogens (tertiary/aromatic N) is 1. The molecule has 2 amide bonds. The minimum absolute atomic E-state index is 0.0327. The number of primary amides is 1. The fourth-order valence-corrected chi connectivity index (χ4v) is 5.19. The molecule has 176 valence electrons. The molecule has 4 nitrogen and oxygen atoms in total. The first-order valence-corrected chi connectivity index (χ1v) is 12.1. The minimum Gasteiger partial charge on any atom is -0.369 e. The van der Waals surface area contributed by atoms with Crippen molar-refractivity contribution in [2.24, 2.45) is 17.6 Å². The molecule has 1 aliphatic rings. The lowest BCUT2D eigenvalue weighted by molar-refractivity contribution is -0.138. The van der Waals surface area contributed by atoms with E-state index in [2.05, 4.69) is 38.1 Å². The lowest BCUT2D eigenvalue weighted by Crippen LogP contribution is -2.45. The van der Waals surface area contributed by atoms with Crippen LogP contribution in [0.1, 0.15) is 42.9 Å². The first-order chi connectivity index (χ1) is 16.3. The van der Waals surface area contributed by atoms with Crippen molar-refractivity contribution in [3.63, 3.8) is 0 Å². The summed E-state index contributed by atoms with van der Waals surface area (Å²) in [5.41, 5.74) is 11.5. The third kappa shape index (κ3) is 5.06. The molecule has 0 heterocycles. The first-order valence-electron chi connectivity index (χ1n) is 12.1. The molecule has 2 unspecified atom stereocenters. The standard InChI is InChI=1S/C30H34N2O2/c1-20(2)17-27(29(31)33)28(23-15-13-22(14-16-23)21-9-5-4-6-10-21)30(34)32(3)26-18-24-11-7-8-12-25(24)19-26/h4-16,20,26-28H,17-19H2,1-3H3,(H2,31,33). The van der Waals surface area contributed by atoms with E-state index >= 15 is 0 Å². The second-order valence-electron chi connectivity index (χ2n) is 9.88. The predicted octanol–water partition coefficient (Wildman–Crippen LogP) is 5.21. The van der Waals surface area contributed by atoms with Crippen molar-refractivity contribution in [1.29, 1.82) is 0 Å². The highest BCUT2D eigenvalue weighted by Gasteiger charge is 2.38. The van der Waals surface area contributed by atoms with Crippen LogP contribution in [0.25, 0.3) is 11.1 Å². The third-order valence-corrected chi connectivity index (χ3v) is 7.06. The molecule has 0 bridgehead atoms. The molecule has 0 radical (unpaired) electrons. The molecule has 0 saturated carbocycles. The van der Waals surface area contributed by atoms with Crippen LogP contribution >= 0.6 is 0 Å². The zero-order valence-electron chi connectivity index (χ0n) is 20.3. The van der Waals surface area contributed by atoms with Gasteiger partial charge in [-0.2, -0.15) is 0 Å². The van der Waals surface area contributed by atoms with Gasteiger partial charge in [0.1, 0.15) is 0 Å². The summed E-state index contributed by atoms with van der Waals surface area (Å²) in [5, 5.41) is 0. The van der Waals surface area contributed by atoms with Crippen molar-refractivity contribution in [3.8, 4) is 11.1 Å². The molecule has 3 aromatic rings. The van der Waals surface area contributed by atoms with Gasteiger partial charge in [-0.05, 0) is 53.0 Å². The monoisotopic (exact) mass is 454 g/mol. The van der Waals surface area contributed by atoms with Crippen molar-refractivity contribution >= 4 is 11.8 Å². The summed E-state index contributed by atoms with van der Waals surface area (Å²) in [7, 11) is 1.87. The maximum Gasteiger partial charge on any atom is 0.230 e. The van der Waals surface area contributed by atoms with Crippen molar-refractivity contribution in [2.45, 2.75) is 45.1 Å². The molecule has 0 spiro atoms. The lowest BCUT2D eigenvalue weighted by Gasteiger charge is -2.33. The van der Waals surface area contributed by atoms with E-state index in [0.29, 0.717) is 6.42 Å². The Labute approximate surface area is 202 Å². The van der Waals surface area contributed by atoms with Crippen molar-refractivity contribution in [2.75, 3.05) is 7.05 Å². The summed E-state index contributed by atoms with van der Waals surface area (Å²) in [6.07, 6.45) is 2.25. The molecule has 4 heteroatoms. The fraction of sp³-hybridized carbons (Fsp3) is 0.333. The van der Waals surface area contributed by atoms with Gasteiger partial charge in [0, 0.05) is 13.1 Å². The summed E-state index contributed by atoms with van der Waals surface area (Å²) in [5.74, 6) is -1.35. The van der Waals surface area contributed by atoms with Crippen molar-refractivity contribution in [1.82, 2.24) is 4.90 Å². The predicted molar refractivity (Wildman–Crippen MR) is 137 cm³/mol. The Kier molecular flexibility index (Phi) is 7.16. The summed E-state index contributed by atoms with van der Waals surface area (Å²) in [4.78, 5) is 28.5. The molecule has 0 aliphatic heterocycles. The smallest absolute Gasteiger partial charge is 0.230 e. The van der Waals surface area contributed by atoms with Gasteiger partial charge in [0.05, 0.1) is 11.8 Å². The zero-order chi connectivity index (χ0) is 24.2. The van der Waals surface area contributed by atoms with Gasteiger partial charge in [0.2, 0.25) is 11.8 Å². The first kappa shape index (κ1) is 23.7. The SMILES string of the molecule is CC(C)CC(C(N)=O)C(C(=O)N(C)C1Cc2ccccc2C1)c1ccc(-c2ccccc2)cc1. The van der Waals surface area contributed by atoms with Crippen molar-refractivity contribution in [3.05, 3.63) is 95.6 Å². The number of hydrogen-bond acceptors (Lipinski definition) is 2. The van der Waals surface area contributed by atoms with Crippen LogP contribution in [0.4, 0.5) is 0 Å². The third-order valence-electron chi connectivity index (χ3n) is 7.06. The van der Waals surface area contributed by atoms with E-state index in [1.165, 1.54) is 11.1 Å². The number of carbonyl (C=O) groups is 2. The van der Waals surface area contributed by atoms with Gasteiger partial charge in [-0.1, -0.05) is 92.7 Å². The van der Waals surface area contributed by atoms with E-state index in [1.807, 2.05) is 66.5 Å². The van der Waals surface area contributed by atoms with E-state index in [0.717, 1.165) is 29.5 Å². The molecule has 3 aromatic carbocycles. The quantitative estimate of drug-likeness (QED) is 0.508. The molecule has 0 saturated heterocycles. The highest BCUT2D eigenvalue weighted by Crippen LogP contribution is 2.35. The Morgan fingerprint density at radius 2 is 1.38 bits per heavy atom. The number of nitrogens with two attached hydrogens (primary N) is 1. The number of amides is 2. The van der Waals surface area contributed by atoms with Crippen LogP contribution in [0.5, 0.6) is 0 Å². The Bertz CT molecular complexity index is 1110. The molecule has 0 aromatic heterocycles. The average molecular weight is 455 g/mol. The topological polar surface area (TPSA) is 63.4 Å². The Hall–Kier alpha value is -3.40. The minimum atomic E-state index is -0.599. The van der Waals surface area contributed by atoms with Crippen LogP contribution in [0.3, 0.4) is 0 Å². The van der Waals surface area contributed by atoms with Crippen LogP contribution in [0.15, 0.2) is 78.9 Å². The van der Waals surface area contributed by atoms with Crippen LogP contribution in [-0.4, -0.2) is 29.8 Å². The second-order valence-corrected chi connectivity index (χ2v) is 9.88. The highest BCUT2D eigenvalue weighted by atomic mass is 16.2. The maximum absolute atomic E-state index is 14.0. The van der Waals surface area contributed by atoms with E-state index in [1.54, 1.807) is 0 Å². The molecule has 1 aliphatic carbocycles. The second kappa shape index (κ2) is 10.3. The van der Waals surface area contributed by atoms with Gasteiger partial charge in [0.15, 0.2) is 0 Å². The normalized spacial score (nSPS) is 15.1. The van der Waals surface area contributed by atoms with E-state index in [9.17, 15) is 9.59 Å². The number of hydrogen-bond donors (Lipinski definition) is 1. The van der Waals surface area contributed by atoms with Gasteiger partial charge in [0.25, 0.3) is 0 Å². The summed E-state index contributed by atoms with van der Waals surface area (Å²) in [6.45, 7) is 4.13. The molecular weight excluding hydrogens is 420 g/mol. The molecule has 34 heavy (non-hydrogen) atoms. The molecule has 2 atom stereocenters. The number of likely N-dealkylation sites (N-methyl/N-ethyl adjacent to an activating group) is 1. The Morgan fingerprint density at radius 1 is 0.853 bits per heavy atom. The van der Waals surface area contributed by atoms with Crippen molar-refractivity contribution < 1.29 is 9.59 Å². The van der Waals surface area contributed by atoms with Crippen LogP contribution < -0.4 is 5.73 Å². The van der Waals surface area contributed by atoms with E-state index in [4.69, 9.17) is 5.73 Å². The van der Waals surface area contributed by atoms with E-state index < -0.39 is 17.7 Å². The highest BCUT2D eigenvalue weighted by molar-refractivity contribution is 5.91. The molecule has 0 fully saturated rings. The molecule has 2 N–H and O–H groups in total.